The van der Waals surface area contributed by atoms with Gasteiger partial charge in [0, 0.05) is 13.1 Å². The molecule has 0 bridgehead atoms. The van der Waals surface area contributed by atoms with Crippen LogP contribution in [0.1, 0.15) is 44.1 Å². The van der Waals surface area contributed by atoms with Gasteiger partial charge in [-0.1, -0.05) is 50.1 Å². The van der Waals surface area contributed by atoms with Crippen molar-refractivity contribution in [1.82, 2.24) is 10.2 Å². The number of benzene rings is 1. The van der Waals surface area contributed by atoms with Crippen LogP contribution in [0.4, 0.5) is 0 Å². The molecule has 1 amide bonds. The maximum Gasteiger partial charge on any atom is 0.234 e. The van der Waals surface area contributed by atoms with Gasteiger partial charge in [-0.05, 0) is 30.9 Å². The van der Waals surface area contributed by atoms with Gasteiger partial charge in [0.15, 0.2) is 0 Å². The fourth-order valence-electron chi connectivity index (χ4n) is 2.84. The molecule has 0 radical (unpaired) electrons. The number of nitrogens with zero attached hydrogens (tertiary/aromatic N) is 1. The van der Waals surface area contributed by atoms with E-state index in [2.05, 4.69) is 47.5 Å². The smallest absolute Gasteiger partial charge is 0.234 e. The van der Waals surface area contributed by atoms with Crippen molar-refractivity contribution in [2.45, 2.75) is 38.5 Å². The van der Waals surface area contributed by atoms with Crippen LogP contribution in [0, 0.1) is 0 Å². The van der Waals surface area contributed by atoms with Gasteiger partial charge in [0.1, 0.15) is 0 Å². The molecule has 1 N–H and O–H groups in total. The number of unbranched alkanes of at least 4 members (excludes halogenated alkanes) is 2. The topological polar surface area (TPSA) is 32.3 Å². The van der Waals surface area contributed by atoms with Gasteiger partial charge >= 0.3 is 0 Å². The van der Waals surface area contributed by atoms with Crippen LogP contribution < -0.4 is 5.32 Å². The third-order valence-corrected chi connectivity index (χ3v) is 4.01. The maximum atomic E-state index is 11.9. The van der Waals surface area contributed by atoms with E-state index in [4.69, 9.17) is 0 Å². The summed E-state index contributed by atoms with van der Waals surface area (Å²) in [4.78, 5) is 14.1. The third-order valence-electron chi connectivity index (χ3n) is 4.01. The lowest BCUT2D eigenvalue weighted by Crippen LogP contribution is -2.36. The van der Waals surface area contributed by atoms with Crippen LogP contribution >= 0.6 is 0 Å². The Hall–Kier alpha value is -1.35. The summed E-state index contributed by atoms with van der Waals surface area (Å²) >= 11 is 0. The van der Waals surface area contributed by atoms with E-state index in [-0.39, 0.29) is 5.91 Å². The van der Waals surface area contributed by atoms with Crippen molar-refractivity contribution in [1.29, 1.82) is 0 Å². The molecule has 110 valence electrons. The molecule has 1 aliphatic rings. The molecule has 1 aromatic rings. The second kappa shape index (κ2) is 8.05. The Morgan fingerprint density at radius 2 is 2.10 bits per heavy atom. The Balaban J connectivity index is 1.69. The average molecular weight is 274 g/mol. The van der Waals surface area contributed by atoms with Gasteiger partial charge in [-0.2, -0.15) is 0 Å². The van der Waals surface area contributed by atoms with Gasteiger partial charge in [0.05, 0.1) is 6.54 Å². The summed E-state index contributed by atoms with van der Waals surface area (Å²) in [6, 6.07) is 10.6. The number of amides is 1. The van der Waals surface area contributed by atoms with E-state index in [9.17, 15) is 4.79 Å². The van der Waals surface area contributed by atoms with Crippen molar-refractivity contribution in [3.8, 4) is 0 Å². The van der Waals surface area contributed by atoms with Gasteiger partial charge in [0.2, 0.25) is 5.91 Å². The first kappa shape index (κ1) is 15.0. The fourth-order valence-corrected chi connectivity index (χ4v) is 2.84. The predicted octanol–water partition coefficient (Wildman–Crippen LogP) is 2.78. The minimum Gasteiger partial charge on any atom is -0.355 e. The molecular weight excluding hydrogens is 248 g/mol. The molecule has 3 nitrogen and oxygen atoms in total. The Kier molecular flexibility index (Phi) is 6.06. The summed E-state index contributed by atoms with van der Waals surface area (Å²) in [7, 11) is 0. The normalized spacial score (nSPS) is 19.1. The number of nitrogens with one attached hydrogen (secondary N) is 1. The summed E-state index contributed by atoms with van der Waals surface area (Å²) in [5.74, 6) is 0.763. The lowest BCUT2D eigenvalue weighted by Gasteiger charge is -2.16. The maximum absolute atomic E-state index is 11.9. The first-order chi connectivity index (χ1) is 9.79. The third kappa shape index (κ3) is 4.64. The number of hydrogen-bond donors (Lipinski definition) is 1. The van der Waals surface area contributed by atoms with E-state index in [0.29, 0.717) is 12.5 Å². The molecule has 2 rings (SSSR count). The van der Waals surface area contributed by atoms with E-state index in [1.54, 1.807) is 0 Å². The quantitative estimate of drug-likeness (QED) is 0.775. The molecule has 0 unspecified atom stereocenters. The summed E-state index contributed by atoms with van der Waals surface area (Å²) < 4.78 is 0. The first-order valence-corrected chi connectivity index (χ1v) is 7.83. The Morgan fingerprint density at radius 3 is 2.85 bits per heavy atom. The zero-order chi connectivity index (χ0) is 14.2. The fraction of sp³-hybridized carbons (Fsp3) is 0.588. The van der Waals surface area contributed by atoms with Crippen LogP contribution in [0.25, 0.3) is 0 Å². The largest absolute Gasteiger partial charge is 0.355 e. The van der Waals surface area contributed by atoms with Gasteiger partial charge < -0.3 is 5.32 Å². The molecule has 1 saturated heterocycles. The van der Waals surface area contributed by atoms with Crippen molar-refractivity contribution in [2.24, 2.45) is 0 Å². The standard InChI is InChI=1S/C17H26N2O/c1-2-3-7-11-18-17(20)14-19-12-10-16(13-19)15-8-5-4-6-9-15/h4-6,8-9,16H,2-3,7,10-14H2,1H3,(H,18,20)/t16-/m0/s1. The molecule has 3 heteroatoms. The van der Waals surface area contributed by atoms with Crippen LogP contribution in [-0.2, 0) is 4.79 Å². The van der Waals surface area contributed by atoms with Crippen LogP contribution in [0.2, 0.25) is 0 Å². The minimum atomic E-state index is 0.176. The lowest BCUT2D eigenvalue weighted by molar-refractivity contribution is -0.122. The van der Waals surface area contributed by atoms with Crippen molar-refractivity contribution in [3.05, 3.63) is 35.9 Å². The molecular formula is C17H26N2O. The van der Waals surface area contributed by atoms with Gasteiger partial charge in [-0.15, -0.1) is 0 Å². The second-order valence-corrected chi connectivity index (χ2v) is 5.69. The van der Waals surface area contributed by atoms with E-state index in [1.165, 1.54) is 18.4 Å². The number of carbonyl (C=O) groups excluding carboxylic acids is 1. The zero-order valence-corrected chi connectivity index (χ0v) is 12.5. The van der Waals surface area contributed by atoms with Gasteiger partial charge in [0.25, 0.3) is 0 Å². The summed E-state index contributed by atoms with van der Waals surface area (Å²) in [6.07, 6.45) is 4.64. The second-order valence-electron chi connectivity index (χ2n) is 5.69. The van der Waals surface area contributed by atoms with Crippen molar-refractivity contribution >= 4 is 5.91 Å². The molecule has 1 aliphatic heterocycles. The van der Waals surface area contributed by atoms with E-state index < -0.39 is 0 Å². The molecule has 1 fully saturated rings. The van der Waals surface area contributed by atoms with E-state index >= 15 is 0 Å². The molecule has 0 aliphatic carbocycles. The molecule has 0 aromatic heterocycles. The highest BCUT2D eigenvalue weighted by Gasteiger charge is 2.24. The van der Waals surface area contributed by atoms with Crippen molar-refractivity contribution in [2.75, 3.05) is 26.2 Å². The van der Waals surface area contributed by atoms with Crippen LogP contribution in [0.15, 0.2) is 30.3 Å². The van der Waals surface area contributed by atoms with Gasteiger partial charge in [-0.25, -0.2) is 0 Å². The monoisotopic (exact) mass is 274 g/mol. The minimum absolute atomic E-state index is 0.176. The molecule has 20 heavy (non-hydrogen) atoms. The molecule has 1 atom stereocenters. The highest BCUT2D eigenvalue weighted by molar-refractivity contribution is 5.78. The number of rotatable bonds is 7. The SMILES string of the molecule is CCCCCNC(=O)CN1CC[C@H](c2ccccc2)C1. The van der Waals surface area contributed by atoms with Crippen LogP contribution in [-0.4, -0.2) is 37.0 Å². The van der Waals surface area contributed by atoms with Crippen molar-refractivity contribution in [3.63, 3.8) is 0 Å². The van der Waals surface area contributed by atoms with Crippen molar-refractivity contribution < 1.29 is 4.79 Å². The lowest BCUT2D eigenvalue weighted by atomic mass is 9.99. The predicted molar refractivity (Wildman–Crippen MR) is 82.8 cm³/mol. The summed E-state index contributed by atoms with van der Waals surface area (Å²) in [6.45, 7) is 5.59. The number of hydrogen-bond acceptors (Lipinski definition) is 2. The van der Waals surface area contributed by atoms with E-state index in [0.717, 1.165) is 32.5 Å². The average Bonchev–Trinajstić information content (AvgIpc) is 2.93. The molecule has 1 aromatic carbocycles. The Morgan fingerprint density at radius 1 is 1.30 bits per heavy atom. The number of carbonyl (C=O) groups is 1. The first-order valence-electron chi connectivity index (χ1n) is 7.83. The number of likely N-dealkylation sites (tertiary alicyclic amines) is 1. The molecule has 0 saturated carbocycles. The molecule has 1 heterocycles. The van der Waals surface area contributed by atoms with Crippen LogP contribution in [0.3, 0.4) is 0 Å². The molecule has 0 spiro atoms. The van der Waals surface area contributed by atoms with E-state index in [1.807, 2.05) is 0 Å². The Labute approximate surface area is 122 Å². The summed E-state index contributed by atoms with van der Waals surface area (Å²) in [5.41, 5.74) is 1.40. The van der Waals surface area contributed by atoms with Gasteiger partial charge in [-0.3, -0.25) is 9.69 Å². The highest BCUT2D eigenvalue weighted by atomic mass is 16.2. The Bertz CT molecular complexity index is 405. The highest BCUT2D eigenvalue weighted by Crippen LogP contribution is 2.26. The van der Waals surface area contributed by atoms with Crippen LogP contribution in [0.5, 0.6) is 0 Å². The zero-order valence-electron chi connectivity index (χ0n) is 12.5. The summed E-state index contributed by atoms with van der Waals surface area (Å²) in [5, 5.41) is 3.02.